The number of halogens is 2. The molecule has 0 bridgehead atoms. The fraction of sp³-hybridized carbons (Fsp3) is 0.278. The Hall–Kier alpha value is -1.91. The molecule has 122 valence electrons. The second-order valence-electron chi connectivity index (χ2n) is 5.53. The average molecular weight is 335 g/mol. The van der Waals surface area contributed by atoms with Crippen LogP contribution in [0, 0.1) is 19.7 Å². The number of nitrogens with one attached hydrogen (secondary N) is 2. The molecule has 23 heavy (non-hydrogen) atoms. The fourth-order valence-corrected chi connectivity index (χ4v) is 2.49. The minimum absolute atomic E-state index is 0.0466. The molecule has 0 radical (unpaired) electrons. The molecule has 0 unspecified atom stereocenters. The van der Waals surface area contributed by atoms with Crippen LogP contribution in [0.4, 0.5) is 10.1 Å². The predicted octanol–water partition coefficient (Wildman–Crippen LogP) is 4.21. The maximum absolute atomic E-state index is 12.9. The molecule has 0 atom stereocenters. The Morgan fingerprint density at radius 3 is 2.65 bits per heavy atom. The van der Waals surface area contributed by atoms with Crippen molar-refractivity contribution in [3.63, 3.8) is 0 Å². The molecule has 2 aromatic carbocycles. The molecule has 0 spiro atoms. The van der Waals surface area contributed by atoms with Crippen LogP contribution < -0.4 is 10.6 Å². The molecule has 0 saturated heterocycles. The number of hydrogen-bond donors (Lipinski definition) is 2. The molecule has 5 heteroatoms. The summed E-state index contributed by atoms with van der Waals surface area (Å²) in [5, 5.41) is 6.42. The third-order valence-corrected chi connectivity index (χ3v) is 3.87. The van der Waals surface area contributed by atoms with Gasteiger partial charge in [0.05, 0.1) is 0 Å². The van der Waals surface area contributed by atoms with Gasteiger partial charge in [-0.15, -0.1) is 0 Å². The van der Waals surface area contributed by atoms with E-state index < -0.39 is 0 Å². The summed E-state index contributed by atoms with van der Waals surface area (Å²) in [6.07, 6.45) is 0.353. The standard InChI is InChI=1S/C18H20ClFN2O/c1-12-3-6-17(13(2)9-12)22-18(23)7-8-21-11-14-4-5-15(20)10-16(14)19/h3-6,9-10,21H,7-8,11H2,1-2H3,(H,22,23). The van der Waals surface area contributed by atoms with Crippen molar-refractivity contribution in [1.29, 1.82) is 0 Å². The van der Waals surface area contributed by atoms with Crippen molar-refractivity contribution in [3.8, 4) is 0 Å². The molecular formula is C18H20ClFN2O. The first-order chi connectivity index (χ1) is 11.0. The molecule has 0 saturated carbocycles. The van der Waals surface area contributed by atoms with Crippen LogP contribution in [-0.4, -0.2) is 12.5 Å². The van der Waals surface area contributed by atoms with Gasteiger partial charge in [-0.1, -0.05) is 35.4 Å². The van der Waals surface area contributed by atoms with Crippen molar-refractivity contribution < 1.29 is 9.18 Å². The van der Waals surface area contributed by atoms with E-state index in [9.17, 15) is 9.18 Å². The van der Waals surface area contributed by atoms with E-state index >= 15 is 0 Å². The van der Waals surface area contributed by atoms with Gasteiger partial charge in [0.1, 0.15) is 5.82 Å². The third kappa shape index (κ3) is 5.34. The van der Waals surface area contributed by atoms with Gasteiger partial charge >= 0.3 is 0 Å². The molecule has 0 aromatic heterocycles. The third-order valence-electron chi connectivity index (χ3n) is 3.52. The van der Waals surface area contributed by atoms with E-state index in [1.807, 2.05) is 32.0 Å². The Balaban J connectivity index is 1.76. The van der Waals surface area contributed by atoms with Crippen LogP contribution in [0.3, 0.4) is 0 Å². The molecule has 2 rings (SSSR count). The van der Waals surface area contributed by atoms with E-state index in [0.29, 0.717) is 24.5 Å². The van der Waals surface area contributed by atoms with Gasteiger partial charge in [-0.25, -0.2) is 4.39 Å². The van der Waals surface area contributed by atoms with Crippen LogP contribution in [0.5, 0.6) is 0 Å². The number of amides is 1. The summed E-state index contributed by atoms with van der Waals surface area (Å²) in [6, 6.07) is 10.2. The summed E-state index contributed by atoms with van der Waals surface area (Å²) in [5.74, 6) is -0.402. The molecule has 0 heterocycles. The Morgan fingerprint density at radius 1 is 1.17 bits per heavy atom. The van der Waals surface area contributed by atoms with E-state index in [2.05, 4.69) is 10.6 Å². The minimum atomic E-state index is -0.355. The van der Waals surface area contributed by atoms with Gasteiger partial charge in [0.15, 0.2) is 0 Å². The Morgan fingerprint density at radius 2 is 1.96 bits per heavy atom. The lowest BCUT2D eigenvalue weighted by Gasteiger charge is -2.10. The molecule has 0 fully saturated rings. The molecule has 2 N–H and O–H groups in total. The van der Waals surface area contributed by atoms with E-state index in [4.69, 9.17) is 11.6 Å². The van der Waals surface area contributed by atoms with E-state index in [-0.39, 0.29) is 11.7 Å². The van der Waals surface area contributed by atoms with Crippen LogP contribution in [0.1, 0.15) is 23.1 Å². The zero-order chi connectivity index (χ0) is 16.8. The van der Waals surface area contributed by atoms with Crippen molar-refractivity contribution in [2.24, 2.45) is 0 Å². The van der Waals surface area contributed by atoms with E-state index in [0.717, 1.165) is 16.8 Å². The Bertz CT molecular complexity index is 703. The van der Waals surface area contributed by atoms with E-state index in [1.54, 1.807) is 6.07 Å². The van der Waals surface area contributed by atoms with Gasteiger partial charge < -0.3 is 10.6 Å². The number of benzene rings is 2. The first-order valence-electron chi connectivity index (χ1n) is 7.47. The van der Waals surface area contributed by atoms with Gasteiger partial charge in [0.25, 0.3) is 0 Å². The number of aryl methyl sites for hydroxylation is 2. The number of rotatable bonds is 6. The second kappa shape index (κ2) is 8.09. The Kier molecular flexibility index (Phi) is 6.13. The van der Waals surface area contributed by atoms with Crippen LogP contribution in [-0.2, 0) is 11.3 Å². The largest absolute Gasteiger partial charge is 0.326 e. The summed E-state index contributed by atoms with van der Waals surface area (Å²) in [7, 11) is 0. The van der Waals surface area contributed by atoms with Crippen molar-refractivity contribution in [2.45, 2.75) is 26.8 Å². The minimum Gasteiger partial charge on any atom is -0.326 e. The number of hydrogen-bond acceptors (Lipinski definition) is 2. The Labute approximate surface area is 140 Å². The zero-order valence-corrected chi connectivity index (χ0v) is 14.0. The van der Waals surface area contributed by atoms with Crippen molar-refractivity contribution >= 4 is 23.2 Å². The molecule has 1 amide bonds. The lowest BCUT2D eigenvalue weighted by Crippen LogP contribution is -2.22. The lowest BCUT2D eigenvalue weighted by molar-refractivity contribution is -0.116. The zero-order valence-electron chi connectivity index (χ0n) is 13.2. The molecule has 0 aliphatic carbocycles. The first-order valence-corrected chi connectivity index (χ1v) is 7.85. The van der Waals surface area contributed by atoms with Crippen molar-refractivity contribution in [1.82, 2.24) is 5.32 Å². The highest BCUT2D eigenvalue weighted by Crippen LogP contribution is 2.17. The van der Waals surface area contributed by atoms with Gasteiger partial charge in [0, 0.05) is 30.2 Å². The van der Waals surface area contributed by atoms with Crippen LogP contribution >= 0.6 is 11.6 Å². The lowest BCUT2D eigenvalue weighted by atomic mass is 10.1. The number of carbonyl (C=O) groups excluding carboxylic acids is 1. The van der Waals surface area contributed by atoms with Gasteiger partial charge in [-0.3, -0.25) is 4.79 Å². The summed E-state index contributed by atoms with van der Waals surface area (Å²) in [4.78, 5) is 11.9. The maximum atomic E-state index is 12.9. The highest BCUT2D eigenvalue weighted by Gasteiger charge is 2.06. The number of anilines is 1. The molecule has 0 aliphatic rings. The molecule has 2 aromatic rings. The smallest absolute Gasteiger partial charge is 0.225 e. The SMILES string of the molecule is Cc1ccc(NC(=O)CCNCc2ccc(F)cc2Cl)c(C)c1. The van der Waals surface area contributed by atoms with Crippen molar-refractivity contribution in [3.05, 3.63) is 63.9 Å². The average Bonchev–Trinajstić information content (AvgIpc) is 2.48. The predicted molar refractivity (Wildman–Crippen MR) is 92.3 cm³/mol. The second-order valence-corrected chi connectivity index (χ2v) is 5.94. The maximum Gasteiger partial charge on any atom is 0.225 e. The van der Waals surface area contributed by atoms with Crippen LogP contribution in [0.15, 0.2) is 36.4 Å². The summed E-state index contributed by atoms with van der Waals surface area (Å²) in [5.41, 5.74) is 3.85. The molecular weight excluding hydrogens is 315 g/mol. The van der Waals surface area contributed by atoms with Crippen LogP contribution in [0.2, 0.25) is 5.02 Å². The normalized spacial score (nSPS) is 10.6. The first kappa shape index (κ1) is 17.4. The topological polar surface area (TPSA) is 41.1 Å². The molecule has 0 aliphatic heterocycles. The highest BCUT2D eigenvalue weighted by atomic mass is 35.5. The summed E-state index contributed by atoms with van der Waals surface area (Å²) >= 11 is 5.95. The molecule has 3 nitrogen and oxygen atoms in total. The van der Waals surface area contributed by atoms with Crippen LogP contribution in [0.25, 0.3) is 0 Å². The van der Waals surface area contributed by atoms with Gasteiger partial charge in [-0.2, -0.15) is 0 Å². The van der Waals surface area contributed by atoms with E-state index in [1.165, 1.54) is 17.7 Å². The van der Waals surface area contributed by atoms with Gasteiger partial charge in [-0.05, 0) is 43.2 Å². The summed E-state index contributed by atoms with van der Waals surface area (Å²) in [6.45, 7) is 5.00. The quantitative estimate of drug-likeness (QED) is 0.777. The summed E-state index contributed by atoms with van der Waals surface area (Å²) < 4.78 is 12.9. The number of carbonyl (C=O) groups is 1. The highest BCUT2D eigenvalue weighted by molar-refractivity contribution is 6.31. The fourth-order valence-electron chi connectivity index (χ4n) is 2.26. The van der Waals surface area contributed by atoms with Gasteiger partial charge in [0.2, 0.25) is 5.91 Å². The van der Waals surface area contributed by atoms with Crippen molar-refractivity contribution in [2.75, 3.05) is 11.9 Å². The monoisotopic (exact) mass is 334 g/mol.